The Morgan fingerprint density at radius 2 is 2.33 bits per heavy atom. The molecule has 1 saturated carbocycles. The number of carboxylic acid groups (broad SMARTS) is 1. The molecule has 0 radical (unpaired) electrons. The first kappa shape index (κ1) is 9.48. The van der Waals surface area contributed by atoms with E-state index in [-0.39, 0.29) is 18.1 Å². The summed E-state index contributed by atoms with van der Waals surface area (Å²) in [5, 5.41) is 11.7. The predicted molar refractivity (Wildman–Crippen MR) is 44.1 cm³/mol. The van der Waals surface area contributed by atoms with Crippen molar-refractivity contribution in [1.82, 2.24) is 5.32 Å². The van der Waals surface area contributed by atoms with E-state index in [0.29, 0.717) is 0 Å². The van der Waals surface area contributed by atoms with E-state index in [1.807, 2.05) is 0 Å². The van der Waals surface area contributed by atoms with Gasteiger partial charge in [0.2, 0.25) is 0 Å². The Hall–Kier alpha value is -0.610. The molecular weight excluding hydrogens is 158 g/mol. The molecule has 0 aromatic heterocycles. The van der Waals surface area contributed by atoms with Crippen LogP contribution in [0.5, 0.6) is 0 Å². The first-order valence-corrected chi connectivity index (χ1v) is 4.05. The van der Waals surface area contributed by atoms with Gasteiger partial charge in [0.15, 0.2) is 0 Å². The average Bonchev–Trinajstić information content (AvgIpc) is 1.95. The van der Waals surface area contributed by atoms with Crippen LogP contribution in [0.3, 0.4) is 0 Å². The molecule has 70 valence electrons. The van der Waals surface area contributed by atoms with Gasteiger partial charge in [-0.25, -0.2) is 0 Å². The highest BCUT2D eigenvalue weighted by atomic mass is 16.5. The Labute approximate surface area is 71.9 Å². The molecule has 0 atom stereocenters. The van der Waals surface area contributed by atoms with Crippen molar-refractivity contribution >= 4 is 5.97 Å². The van der Waals surface area contributed by atoms with Crippen molar-refractivity contribution < 1.29 is 14.6 Å². The van der Waals surface area contributed by atoms with Crippen molar-refractivity contribution in [2.24, 2.45) is 0 Å². The van der Waals surface area contributed by atoms with E-state index in [4.69, 9.17) is 9.84 Å². The fraction of sp³-hybridized carbons (Fsp3) is 0.875. The Kier molecular flexibility index (Phi) is 2.69. The van der Waals surface area contributed by atoms with E-state index < -0.39 is 5.97 Å². The molecule has 1 fully saturated rings. The topological polar surface area (TPSA) is 58.6 Å². The summed E-state index contributed by atoms with van der Waals surface area (Å²) in [7, 11) is 3.46. The lowest BCUT2D eigenvalue weighted by Crippen LogP contribution is -2.57. The van der Waals surface area contributed by atoms with Crippen LogP contribution in [0.2, 0.25) is 0 Å². The Morgan fingerprint density at radius 1 is 1.75 bits per heavy atom. The minimum absolute atomic E-state index is 0.184. The number of nitrogens with one attached hydrogen (secondary N) is 1. The molecule has 0 aliphatic heterocycles. The zero-order chi connectivity index (χ0) is 9.19. The van der Waals surface area contributed by atoms with E-state index in [9.17, 15) is 4.79 Å². The molecule has 0 saturated heterocycles. The van der Waals surface area contributed by atoms with Crippen LogP contribution in [0.4, 0.5) is 0 Å². The first-order valence-electron chi connectivity index (χ1n) is 4.05. The molecule has 4 nitrogen and oxygen atoms in total. The summed E-state index contributed by atoms with van der Waals surface area (Å²) in [6, 6.07) is 0. The molecule has 0 aromatic carbocycles. The lowest BCUT2D eigenvalue weighted by molar-refractivity contribution is -0.141. The maximum absolute atomic E-state index is 10.5. The van der Waals surface area contributed by atoms with Crippen molar-refractivity contribution in [3.8, 4) is 0 Å². The van der Waals surface area contributed by atoms with E-state index in [2.05, 4.69) is 5.32 Å². The zero-order valence-corrected chi connectivity index (χ0v) is 7.46. The fourth-order valence-corrected chi connectivity index (χ4v) is 1.70. The molecule has 12 heavy (non-hydrogen) atoms. The van der Waals surface area contributed by atoms with Crippen molar-refractivity contribution in [3.05, 3.63) is 0 Å². The number of carbonyl (C=O) groups is 1. The lowest BCUT2D eigenvalue weighted by Gasteiger charge is -2.46. The Bertz CT molecular complexity index is 175. The molecule has 0 bridgehead atoms. The third kappa shape index (κ3) is 1.76. The standard InChI is InChI=1S/C8H15NO3/c1-9-8(5-7(10)11)3-6(4-8)12-2/h6,9H,3-5H2,1-2H3,(H,10,11). The molecule has 0 amide bonds. The highest BCUT2D eigenvalue weighted by molar-refractivity contribution is 5.68. The molecule has 2 N–H and O–H groups in total. The van der Waals surface area contributed by atoms with Gasteiger partial charge in [0, 0.05) is 12.6 Å². The smallest absolute Gasteiger partial charge is 0.305 e. The Balaban J connectivity index is 2.41. The van der Waals surface area contributed by atoms with Crippen molar-refractivity contribution in [2.75, 3.05) is 14.2 Å². The summed E-state index contributed by atoms with van der Waals surface area (Å²) in [6.45, 7) is 0. The van der Waals surface area contributed by atoms with Crippen LogP contribution in [-0.4, -0.2) is 36.9 Å². The largest absolute Gasteiger partial charge is 0.481 e. The highest BCUT2D eigenvalue weighted by Gasteiger charge is 2.44. The van der Waals surface area contributed by atoms with Crippen LogP contribution in [0, 0.1) is 0 Å². The van der Waals surface area contributed by atoms with Crippen LogP contribution in [0.1, 0.15) is 19.3 Å². The number of methoxy groups -OCH3 is 1. The summed E-state index contributed by atoms with van der Waals surface area (Å²) in [6.07, 6.45) is 2.01. The molecular formula is C8H15NO3. The molecule has 0 heterocycles. The third-order valence-electron chi connectivity index (χ3n) is 2.59. The van der Waals surface area contributed by atoms with Crippen molar-refractivity contribution in [3.63, 3.8) is 0 Å². The van der Waals surface area contributed by atoms with E-state index in [0.717, 1.165) is 12.8 Å². The summed E-state index contributed by atoms with van der Waals surface area (Å²) in [4.78, 5) is 10.5. The maximum Gasteiger partial charge on any atom is 0.305 e. The van der Waals surface area contributed by atoms with Gasteiger partial charge in [0.05, 0.1) is 12.5 Å². The predicted octanol–water partition coefficient (Wildman–Crippen LogP) is 0.228. The monoisotopic (exact) mass is 173 g/mol. The summed E-state index contributed by atoms with van der Waals surface area (Å²) >= 11 is 0. The van der Waals surface area contributed by atoms with Crippen molar-refractivity contribution in [1.29, 1.82) is 0 Å². The highest BCUT2D eigenvalue weighted by Crippen LogP contribution is 2.36. The second-order valence-corrected chi connectivity index (χ2v) is 3.37. The van der Waals surface area contributed by atoms with Gasteiger partial charge in [-0.15, -0.1) is 0 Å². The fourth-order valence-electron chi connectivity index (χ4n) is 1.70. The van der Waals surface area contributed by atoms with Crippen LogP contribution in [0.15, 0.2) is 0 Å². The van der Waals surface area contributed by atoms with Gasteiger partial charge in [-0.05, 0) is 19.9 Å². The summed E-state index contributed by atoms with van der Waals surface area (Å²) in [5.74, 6) is -0.751. The zero-order valence-electron chi connectivity index (χ0n) is 7.46. The SMILES string of the molecule is CNC1(CC(=O)O)CC(OC)C1. The van der Waals surface area contributed by atoms with Crippen molar-refractivity contribution in [2.45, 2.75) is 30.9 Å². The van der Waals surface area contributed by atoms with Gasteiger partial charge < -0.3 is 15.2 Å². The number of ether oxygens (including phenoxy) is 1. The minimum atomic E-state index is -0.751. The van der Waals surface area contributed by atoms with E-state index in [1.165, 1.54) is 0 Å². The third-order valence-corrected chi connectivity index (χ3v) is 2.59. The van der Waals surface area contributed by atoms with Gasteiger partial charge in [-0.3, -0.25) is 4.79 Å². The van der Waals surface area contributed by atoms with Crippen LogP contribution < -0.4 is 5.32 Å². The summed E-state index contributed by atoms with van der Waals surface area (Å²) in [5.41, 5.74) is -0.216. The molecule has 4 heteroatoms. The Morgan fingerprint density at radius 3 is 2.67 bits per heavy atom. The quantitative estimate of drug-likeness (QED) is 0.639. The van der Waals surface area contributed by atoms with E-state index in [1.54, 1.807) is 14.2 Å². The van der Waals surface area contributed by atoms with Crippen LogP contribution >= 0.6 is 0 Å². The number of hydrogen-bond donors (Lipinski definition) is 2. The first-order chi connectivity index (χ1) is 5.62. The maximum atomic E-state index is 10.5. The van der Waals surface area contributed by atoms with Gasteiger partial charge in [-0.2, -0.15) is 0 Å². The molecule has 1 aliphatic rings. The van der Waals surface area contributed by atoms with Gasteiger partial charge in [0.1, 0.15) is 0 Å². The summed E-state index contributed by atoms with van der Waals surface area (Å²) < 4.78 is 5.09. The van der Waals surface area contributed by atoms with E-state index >= 15 is 0 Å². The molecule has 1 aliphatic carbocycles. The molecule has 0 spiro atoms. The average molecular weight is 173 g/mol. The molecule has 0 aromatic rings. The molecule has 0 unspecified atom stereocenters. The van der Waals surface area contributed by atoms with Crippen LogP contribution in [0.25, 0.3) is 0 Å². The normalized spacial score (nSPS) is 34.3. The molecule has 1 rings (SSSR count). The van der Waals surface area contributed by atoms with Gasteiger partial charge in [-0.1, -0.05) is 0 Å². The van der Waals surface area contributed by atoms with Gasteiger partial charge >= 0.3 is 5.97 Å². The minimum Gasteiger partial charge on any atom is -0.481 e. The number of hydrogen-bond acceptors (Lipinski definition) is 3. The lowest BCUT2D eigenvalue weighted by atomic mass is 9.72. The van der Waals surface area contributed by atoms with Gasteiger partial charge in [0.25, 0.3) is 0 Å². The second kappa shape index (κ2) is 3.41. The van der Waals surface area contributed by atoms with Crippen LogP contribution in [-0.2, 0) is 9.53 Å². The number of aliphatic carboxylic acids is 1. The number of carboxylic acids is 1. The second-order valence-electron chi connectivity index (χ2n) is 3.37. The number of rotatable bonds is 4.